The third kappa shape index (κ3) is 4.30. The largest absolute Gasteiger partial charge is 0.355 e. The van der Waals surface area contributed by atoms with Crippen molar-refractivity contribution in [3.63, 3.8) is 0 Å². The van der Waals surface area contributed by atoms with Crippen LogP contribution in [0.5, 0.6) is 0 Å². The Bertz CT molecular complexity index is 263. The summed E-state index contributed by atoms with van der Waals surface area (Å²) in [6.45, 7) is 2.97. The van der Waals surface area contributed by atoms with Gasteiger partial charge in [-0.05, 0) is 43.4 Å². The first kappa shape index (κ1) is 12.9. The fraction of sp³-hybridized carbons (Fsp3) is 0.929. The molecule has 2 aliphatic carbocycles. The molecule has 0 saturated heterocycles. The molecule has 0 heterocycles. The average molecular weight is 238 g/mol. The maximum atomic E-state index is 11.8. The van der Waals surface area contributed by atoms with E-state index >= 15 is 0 Å². The number of carbonyl (C=O) groups is 1. The van der Waals surface area contributed by atoms with Crippen LogP contribution in [-0.4, -0.2) is 18.5 Å². The first-order valence-electron chi connectivity index (χ1n) is 7.17. The van der Waals surface area contributed by atoms with Gasteiger partial charge in [-0.2, -0.15) is 0 Å². The van der Waals surface area contributed by atoms with Crippen LogP contribution < -0.4 is 11.1 Å². The summed E-state index contributed by atoms with van der Waals surface area (Å²) < 4.78 is 0. The van der Waals surface area contributed by atoms with Crippen molar-refractivity contribution in [3.8, 4) is 0 Å². The number of hydrogen-bond acceptors (Lipinski definition) is 2. The predicted molar refractivity (Wildman–Crippen MR) is 69.4 cm³/mol. The molecular weight excluding hydrogens is 212 g/mol. The molecule has 2 aliphatic rings. The van der Waals surface area contributed by atoms with Crippen molar-refractivity contribution >= 4 is 5.91 Å². The van der Waals surface area contributed by atoms with Crippen molar-refractivity contribution < 1.29 is 4.79 Å². The van der Waals surface area contributed by atoms with Crippen LogP contribution >= 0.6 is 0 Å². The summed E-state index contributed by atoms with van der Waals surface area (Å²) in [4.78, 5) is 11.8. The fourth-order valence-electron chi connectivity index (χ4n) is 3.00. The summed E-state index contributed by atoms with van der Waals surface area (Å²) >= 11 is 0. The zero-order chi connectivity index (χ0) is 12.3. The predicted octanol–water partition coefficient (Wildman–Crippen LogP) is 2.06. The van der Waals surface area contributed by atoms with Gasteiger partial charge in [0, 0.05) is 19.0 Å². The molecule has 1 amide bonds. The summed E-state index contributed by atoms with van der Waals surface area (Å²) in [6.07, 6.45) is 8.29. The summed E-state index contributed by atoms with van der Waals surface area (Å²) in [7, 11) is 0. The number of carbonyl (C=O) groups excluding carboxylic acids is 1. The van der Waals surface area contributed by atoms with E-state index in [1.165, 1.54) is 38.5 Å². The molecule has 3 atom stereocenters. The molecule has 0 aromatic carbocycles. The van der Waals surface area contributed by atoms with Crippen LogP contribution in [0.3, 0.4) is 0 Å². The lowest BCUT2D eigenvalue weighted by Crippen LogP contribution is -2.39. The van der Waals surface area contributed by atoms with E-state index in [9.17, 15) is 4.79 Å². The summed E-state index contributed by atoms with van der Waals surface area (Å²) in [6, 6.07) is 0.184. The minimum Gasteiger partial charge on any atom is -0.355 e. The molecule has 0 aromatic heterocycles. The van der Waals surface area contributed by atoms with Crippen LogP contribution in [-0.2, 0) is 4.79 Å². The molecule has 2 rings (SSSR count). The second-order valence-corrected chi connectivity index (χ2v) is 6.15. The molecule has 0 bridgehead atoms. The van der Waals surface area contributed by atoms with Gasteiger partial charge in [-0.25, -0.2) is 0 Å². The van der Waals surface area contributed by atoms with Crippen molar-refractivity contribution in [2.24, 2.45) is 23.5 Å². The lowest BCUT2D eigenvalue weighted by molar-refractivity contribution is -0.122. The molecule has 98 valence electrons. The minimum absolute atomic E-state index is 0.184. The minimum atomic E-state index is 0.184. The zero-order valence-corrected chi connectivity index (χ0v) is 11.0. The van der Waals surface area contributed by atoms with Crippen LogP contribution in [0.1, 0.15) is 51.9 Å². The normalized spacial score (nSPS) is 30.9. The van der Waals surface area contributed by atoms with Gasteiger partial charge in [0.15, 0.2) is 0 Å². The molecule has 0 radical (unpaired) electrons. The first-order chi connectivity index (χ1) is 8.15. The zero-order valence-electron chi connectivity index (χ0n) is 11.0. The fourth-order valence-corrected chi connectivity index (χ4v) is 3.00. The lowest BCUT2D eigenvalue weighted by Gasteiger charge is -2.26. The maximum Gasteiger partial charge on any atom is 0.220 e. The van der Waals surface area contributed by atoms with Gasteiger partial charge in [-0.3, -0.25) is 4.79 Å². The summed E-state index contributed by atoms with van der Waals surface area (Å²) in [5.41, 5.74) is 5.97. The van der Waals surface area contributed by atoms with Crippen LogP contribution in [0.25, 0.3) is 0 Å². The van der Waals surface area contributed by atoms with Crippen molar-refractivity contribution in [2.45, 2.75) is 57.9 Å². The standard InChI is InChI=1S/C14H26N2O/c1-10-3-2-4-11(7-10)8-14(17)16-9-13(15)12-5-6-12/h10-13H,2-9,15H2,1H3,(H,16,17). The highest BCUT2D eigenvalue weighted by Crippen LogP contribution is 2.32. The highest BCUT2D eigenvalue weighted by atomic mass is 16.1. The summed E-state index contributed by atoms with van der Waals surface area (Å²) in [5.74, 6) is 2.29. The molecular formula is C14H26N2O. The van der Waals surface area contributed by atoms with E-state index in [4.69, 9.17) is 5.73 Å². The van der Waals surface area contributed by atoms with Crippen molar-refractivity contribution in [1.82, 2.24) is 5.32 Å². The van der Waals surface area contributed by atoms with E-state index in [2.05, 4.69) is 12.2 Å². The Morgan fingerprint density at radius 3 is 2.76 bits per heavy atom. The Morgan fingerprint density at radius 1 is 1.35 bits per heavy atom. The molecule has 0 aliphatic heterocycles. The van der Waals surface area contributed by atoms with Crippen molar-refractivity contribution in [2.75, 3.05) is 6.54 Å². The Balaban J connectivity index is 1.62. The van der Waals surface area contributed by atoms with Gasteiger partial charge in [0.25, 0.3) is 0 Å². The average Bonchev–Trinajstić information content (AvgIpc) is 3.09. The number of hydrogen-bond donors (Lipinski definition) is 2. The van der Waals surface area contributed by atoms with Gasteiger partial charge in [0.05, 0.1) is 0 Å². The molecule has 0 aromatic rings. The van der Waals surface area contributed by atoms with E-state index in [0.717, 1.165) is 5.92 Å². The monoisotopic (exact) mass is 238 g/mol. The van der Waals surface area contributed by atoms with Gasteiger partial charge < -0.3 is 11.1 Å². The van der Waals surface area contributed by atoms with E-state index in [1.54, 1.807) is 0 Å². The third-order valence-corrected chi connectivity index (χ3v) is 4.28. The lowest BCUT2D eigenvalue weighted by atomic mass is 9.81. The van der Waals surface area contributed by atoms with E-state index in [-0.39, 0.29) is 11.9 Å². The van der Waals surface area contributed by atoms with Gasteiger partial charge in [-0.15, -0.1) is 0 Å². The molecule has 2 fully saturated rings. The number of nitrogens with two attached hydrogens (primary N) is 1. The van der Waals surface area contributed by atoms with Crippen molar-refractivity contribution in [3.05, 3.63) is 0 Å². The van der Waals surface area contributed by atoms with Gasteiger partial charge in [-0.1, -0.05) is 19.8 Å². The number of nitrogens with one attached hydrogen (secondary N) is 1. The third-order valence-electron chi connectivity index (χ3n) is 4.28. The highest BCUT2D eigenvalue weighted by Gasteiger charge is 2.28. The van der Waals surface area contributed by atoms with E-state index < -0.39 is 0 Å². The molecule has 3 nitrogen and oxygen atoms in total. The van der Waals surface area contributed by atoms with E-state index in [0.29, 0.717) is 24.8 Å². The van der Waals surface area contributed by atoms with Gasteiger partial charge >= 0.3 is 0 Å². The van der Waals surface area contributed by atoms with Crippen LogP contribution in [0.15, 0.2) is 0 Å². The molecule has 0 spiro atoms. The first-order valence-corrected chi connectivity index (χ1v) is 7.17. The van der Waals surface area contributed by atoms with Crippen LogP contribution in [0.2, 0.25) is 0 Å². The topological polar surface area (TPSA) is 55.1 Å². The van der Waals surface area contributed by atoms with Crippen LogP contribution in [0.4, 0.5) is 0 Å². The quantitative estimate of drug-likeness (QED) is 0.770. The maximum absolute atomic E-state index is 11.8. The molecule has 3 N–H and O–H groups in total. The molecule has 3 unspecified atom stereocenters. The smallest absolute Gasteiger partial charge is 0.220 e. The molecule has 2 saturated carbocycles. The number of amides is 1. The van der Waals surface area contributed by atoms with Gasteiger partial charge in [0.2, 0.25) is 5.91 Å². The second-order valence-electron chi connectivity index (χ2n) is 6.15. The van der Waals surface area contributed by atoms with E-state index in [1.807, 2.05) is 0 Å². The molecule has 17 heavy (non-hydrogen) atoms. The van der Waals surface area contributed by atoms with Gasteiger partial charge in [0.1, 0.15) is 0 Å². The van der Waals surface area contributed by atoms with Crippen LogP contribution in [0, 0.1) is 17.8 Å². The Labute approximate surface area is 105 Å². The molecule has 3 heteroatoms. The Kier molecular flexibility index (Phi) is 4.43. The summed E-state index contributed by atoms with van der Waals surface area (Å²) in [5, 5.41) is 3.00. The van der Waals surface area contributed by atoms with Crippen molar-refractivity contribution in [1.29, 1.82) is 0 Å². The number of rotatable bonds is 5. The Morgan fingerprint density at radius 2 is 2.12 bits per heavy atom. The second kappa shape index (κ2) is 5.85. The SMILES string of the molecule is CC1CCCC(CC(=O)NCC(N)C2CC2)C1. The highest BCUT2D eigenvalue weighted by molar-refractivity contribution is 5.76. The Hall–Kier alpha value is -0.570.